The summed E-state index contributed by atoms with van der Waals surface area (Å²) in [6.45, 7) is 9.45. The SMILES string of the molecule is Cc1cn2c(=O)c(S(=O)(=O)N3CCN(c4cccc(C)c4C)CC3)c(C)nc2s1. The van der Waals surface area contributed by atoms with Crippen LogP contribution in [0, 0.1) is 27.7 Å². The van der Waals surface area contributed by atoms with Crippen LogP contribution in [0.2, 0.25) is 0 Å². The van der Waals surface area contributed by atoms with E-state index in [4.69, 9.17) is 0 Å². The zero-order chi connectivity index (χ0) is 20.9. The lowest BCUT2D eigenvalue weighted by Gasteiger charge is -2.36. The number of anilines is 1. The predicted molar refractivity (Wildman–Crippen MR) is 116 cm³/mol. The molecular weight excluding hydrogens is 408 g/mol. The molecule has 0 atom stereocenters. The lowest BCUT2D eigenvalue weighted by Crippen LogP contribution is -2.50. The maximum absolute atomic E-state index is 13.3. The first kappa shape index (κ1) is 20.1. The molecule has 29 heavy (non-hydrogen) atoms. The van der Waals surface area contributed by atoms with Gasteiger partial charge in [0.1, 0.15) is 0 Å². The van der Waals surface area contributed by atoms with Gasteiger partial charge in [0, 0.05) is 42.9 Å². The summed E-state index contributed by atoms with van der Waals surface area (Å²) >= 11 is 1.37. The van der Waals surface area contributed by atoms with Crippen LogP contribution in [-0.4, -0.2) is 48.3 Å². The van der Waals surface area contributed by atoms with Crippen molar-refractivity contribution in [2.45, 2.75) is 32.6 Å². The Morgan fingerprint density at radius 2 is 1.72 bits per heavy atom. The molecule has 1 aliphatic rings. The molecule has 0 amide bonds. The Morgan fingerprint density at radius 3 is 2.41 bits per heavy atom. The van der Waals surface area contributed by atoms with Gasteiger partial charge in [-0.05, 0) is 44.9 Å². The van der Waals surface area contributed by atoms with Gasteiger partial charge in [0.05, 0.1) is 5.69 Å². The molecule has 1 saturated heterocycles. The van der Waals surface area contributed by atoms with E-state index in [0.29, 0.717) is 31.1 Å². The van der Waals surface area contributed by atoms with E-state index in [2.05, 4.69) is 35.9 Å². The van der Waals surface area contributed by atoms with E-state index in [-0.39, 0.29) is 10.6 Å². The first-order valence-corrected chi connectivity index (χ1v) is 11.8. The molecule has 0 spiro atoms. The van der Waals surface area contributed by atoms with Crippen LogP contribution >= 0.6 is 11.3 Å². The monoisotopic (exact) mass is 432 g/mol. The normalized spacial score (nSPS) is 15.9. The summed E-state index contributed by atoms with van der Waals surface area (Å²) in [6.07, 6.45) is 1.65. The number of hydrogen-bond acceptors (Lipinski definition) is 6. The second-order valence-electron chi connectivity index (χ2n) is 7.44. The summed E-state index contributed by atoms with van der Waals surface area (Å²) in [5.41, 5.74) is 3.30. The number of benzene rings is 1. The molecule has 0 saturated carbocycles. The summed E-state index contributed by atoms with van der Waals surface area (Å²) in [4.78, 5) is 20.7. The zero-order valence-corrected chi connectivity index (χ0v) is 18.6. The average Bonchev–Trinajstić information content (AvgIpc) is 3.04. The maximum Gasteiger partial charge on any atom is 0.279 e. The molecule has 0 radical (unpaired) electrons. The van der Waals surface area contributed by atoms with Crippen LogP contribution in [-0.2, 0) is 10.0 Å². The number of hydrogen-bond donors (Lipinski definition) is 0. The number of fused-ring (bicyclic) bond motifs is 1. The van der Waals surface area contributed by atoms with Crippen molar-refractivity contribution in [1.82, 2.24) is 13.7 Å². The second kappa shape index (κ2) is 7.23. The molecule has 3 heterocycles. The standard InChI is InChI=1S/C20H24N4O3S2/c1-13-6-5-7-17(15(13)3)22-8-10-23(11-9-22)29(26,27)18-16(4)21-20-24(19(18)25)12-14(2)28-20/h5-7,12H,8-11H2,1-4H3. The van der Waals surface area contributed by atoms with E-state index in [0.717, 1.165) is 10.6 Å². The van der Waals surface area contributed by atoms with Gasteiger partial charge in [-0.25, -0.2) is 13.4 Å². The Morgan fingerprint density at radius 1 is 1.03 bits per heavy atom. The van der Waals surface area contributed by atoms with Crippen molar-refractivity contribution in [3.05, 3.63) is 56.4 Å². The Hall–Kier alpha value is -2.23. The van der Waals surface area contributed by atoms with Crippen LogP contribution < -0.4 is 10.5 Å². The number of aryl methyl sites for hydroxylation is 3. The third kappa shape index (κ3) is 3.37. The molecular formula is C20H24N4O3S2. The van der Waals surface area contributed by atoms with Crippen LogP contribution in [0.15, 0.2) is 34.1 Å². The fraction of sp³-hybridized carbons (Fsp3) is 0.400. The Bertz CT molecular complexity index is 1250. The van der Waals surface area contributed by atoms with Crippen molar-refractivity contribution in [2.75, 3.05) is 31.1 Å². The molecule has 0 unspecified atom stereocenters. The molecule has 1 fully saturated rings. The molecule has 154 valence electrons. The van der Waals surface area contributed by atoms with Crippen molar-refractivity contribution >= 4 is 32.0 Å². The van der Waals surface area contributed by atoms with Gasteiger partial charge in [-0.3, -0.25) is 9.20 Å². The van der Waals surface area contributed by atoms with E-state index >= 15 is 0 Å². The summed E-state index contributed by atoms with van der Waals surface area (Å²) in [5, 5.41) is 0. The Labute approximate surface area is 174 Å². The largest absolute Gasteiger partial charge is 0.369 e. The lowest BCUT2D eigenvalue weighted by atomic mass is 10.1. The maximum atomic E-state index is 13.3. The fourth-order valence-corrected chi connectivity index (χ4v) is 6.31. The van der Waals surface area contributed by atoms with Crippen LogP contribution in [0.25, 0.3) is 4.96 Å². The van der Waals surface area contributed by atoms with Gasteiger partial charge in [0.25, 0.3) is 15.6 Å². The zero-order valence-electron chi connectivity index (χ0n) is 17.0. The number of piperazine rings is 1. The van der Waals surface area contributed by atoms with Gasteiger partial charge >= 0.3 is 0 Å². The van der Waals surface area contributed by atoms with Crippen molar-refractivity contribution in [2.24, 2.45) is 0 Å². The van der Waals surface area contributed by atoms with Crippen LogP contribution in [0.4, 0.5) is 5.69 Å². The fourth-order valence-electron chi connectivity index (χ4n) is 3.81. The number of thiazole rings is 1. The highest BCUT2D eigenvalue weighted by atomic mass is 32.2. The van der Waals surface area contributed by atoms with E-state index in [1.807, 2.05) is 13.0 Å². The number of aromatic nitrogens is 2. The van der Waals surface area contributed by atoms with Gasteiger partial charge < -0.3 is 4.90 Å². The highest BCUT2D eigenvalue weighted by Gasteiger charge is 2.33. The summed E-state index contributed by atoms with van der Waals surface area (Å²) in [7, 11) is -3.91. The van der Waals surface area contributed by atoms with Gasteiger partial charge in [0.2, 0.25) is 0 Å². The van der Waals surface area contributed by atoms with Gasteiger partial charge in [-0.1, -0.05) is 12.1 Å². The van der Waals surface area contributed by atoms with E-state index in [1.165, 1.54) is 31.2 Å². The van der Waals surface area contributed by atoms with Crippen LogP contribution in [0.1, 0.15) is 21.7 Å². The Balaban J connectivity index is 1.64. The van der Waals surface area contributed by atoms with Crippen molar-refractivity contribution in [1.29, 1.82) is 0 Å². The summed E-state index contributed by atoms with van der Waals surface area (Å²) < 4.78 is 29.4. The smallest absolute Gasteiger partial charge is 0.279 e. The van der Waals surface area contributed by atoms with Gasteiger partial charge in [-0.15, -0.1) is 11.3 Å². The predicted octanol–water partition coefficient (Wildman–Crippen LogP) is 2.50. The molecule has 4 rings (SSSR count). The lowest BCUT2D eigenvalue weighted by molar-refractivity contribution is 0.383. The summed E-state index contributed by atoms with van der Waals surface area (Å²) in [6, 6.07) is 6.17. The number of rotatable bonds is 3. The summed E-state index contributed by atoms with van der Waals surface area (Å²) in [5.74, 6) is 0. The molecule has 2 aromatic heterocycles. The minimum absolute atomic E-state index is 0.215. The van der Waals surface area contributed by atoms with E-state index < -0.39 is 15.6 Å². The third-order valence-electron chi connectivity index (χ3n) is 5.53. The van der Waals surface area contributed by atoms with E-state index in [1.54, 1.807) is 13.1 Å². The van der Waals surface area contributed by atoms with E-state index in [9.17, 15) is 13.2 Å². The van der Waals surface area contributed by atoms with Crippen molar-refractivity contribution in [3.8, 4) is 0 Å². The topological polar surface area (TPSA) is 75.0 Å². The molecule has 0 N–H and O–H groups in total. The average molecular weight is 433 g/mol. The van der Waals surface area contributed by atoms with Crippen molar-refractivity contribution < 1.29 is 8.42 Å². The minimum atomic E-state index is -3.91. The molecule has 1 aromatic carbocycles. The quantitative estimate of drug-likeness (QED) is 0.636. The van der Waals surface area contributed by atoms with Gasteiger partial charge in [-0.2, -0.15) is 4.31 Å². The number of sulfonamides is 1. The highest BCUT2D eigenvalue weighted by molar-refractivity contribution is 7.89. The highest BCUT2D eigenvalue weighted by Crippen LogP contribution is 2.26. The van der Waals surface area contributed by atoms with Gasteiger partial charge in [0.15, 0.2) is 9.86 Å². The third-order valence-corrected chi connectivity index (χ3v) is 8.46. The van der Waals surface area contributed by atoms with Crippen LogP contribution in [0.3, 0.4) is 0 Å². The first-order chi connectivity index (χ1) is 13.7. The molecule has 3 aromatic rings. The minimum Gasteiger partial charge on any atom is -0.369 e. The Kier molecular flexibility index (Phi) is 5.00. The first-order valence-electron chi connectivity index (χ1n) is 9.51. The molecule has 7 nitrogen and oxygen atoms in total. The van der Waals surface area contributed by atoms with Crippen LogP contribution in [0.5, 0.6) is 0 Å². The molecule has 0 aliphatic carbocycles. The molecule has 0 bridgehead atoms. The molecule has 1 aliphatic heterocycles. The number of nitrogens with zero attached hydrogens (tertiary/aromatic N) is 4. The van der Waals surface area contributed by atoms with Crippen molar-refractivity contribution in [3.63, 3.8) is 0 Å². The second-order valence-corrected chi connectivity index (χ2v) is 10.5. The molecule has 9 heteroatoms.